The molecule has 15 heavy (non-hydrogen) atoms. The monoisotopic (exact) mass is 226 g/mol. The van der Waals surface area contributed by atoms with Crippen molar-refractivity contribution >= 4 is 11.5 Å². The number of rotatable bonds is 4. The first-order valence-corrected chi connectivity index (χ1v) is 6.38. The summed E-state index contributed by atoms with van der Waals surface area (Å²) in [5, 5.41) is 10.7. The number of hydrogen-bond donors (Lipinski definition) is 1. The fourth-order valence-corrected chi connectivity index (χ4v) is 3.04. The zero-order valence-corrected chi connectivity index (χ0v) is 10.3. The molecule has 1 N–H and O–H groups in total. The molecule has 1 aromatic heterocycles. The lowest BCUT2D eigenvalue weighted by Crippen LogP contribution is -2.19. The molecule has 4 heteroatoms. The van der Waals surface area contributed by atoms with Crippen molar-refractivity contribution in [2.75, 3.05) is 0 Å². The van der Waals surface area contributed by atoms with Gasteiger partial charge in [0.2, 0.25) is 0 Å². The van der Waals surface area contributed by atoms with Gasteiger partial charge in [-0.1, -0.05) is 13.8 Å². The van der Waals surface area contributed by atoms with Gasteiger partial charge in [-0.25, -0.2) is 4.98 Å². The molecular formula is C11H18N2OS. The van der Waals surface area contributed by atoms with Gasteiger partial charge in [0.1, 0.15) is 10.8 Å². The first-order valence-electron chi connectivity index (χ1n) is 5.61. The second kappa shape index (κ2) is 4.18. The smallest absolute Gasteiger partial charge is 0.145 e. The number of hydrogen-bond acceptors (Lipinski definition) is 4. The fourth-order valence-electron chi connectivity index (χ4n) is 1.94. The van der Waals surface area contributed by atoms with Crippen LogP contribution in [0.5, 0.6) is 0 Å². The summed E-state index contributed by atoms with van der Waals surface area (Å²) < 4.78 is 4.38. The molecule has 0 saturated heterocycles. The molecule has 0 amide bonds. The van der Waals surface area contributed by atoms with Gasteiger partial charge in [-0.15, -0.1) is 0 Å². The van der Waals surface area contributed by atoms with Crippen LogP contribution in [-0.4, -0.2) is 20.6 Å². The van der Waals surface area contributed by atoms with E-state index < -0.39 is 0 Å². The van der Waals surface area contributed by atoms with E-state index in [0.717, 1.165) is 10.8 Å². The standard InChI is InChI=1S/C11H18N2OS/c1-6(2)9(7(3)14)11-12-10(13-15-11)8-4-5-8/h6-9,14H,4-5H2,1-3H3. The molecular weight excluding hydrogens is 208 g/mol. The maximum absolute atomic E-state index is 9.74. The van der Waals surface area contributed by atoms with E-state index in [2.05, 4.69) is 23.2 Å². The van der Waals surface area contributed by atoms with Gasteiger partial charge in [0.05, 0.1) is 6.10 Å². The molecule has 0 aliphatic heterocycles. The Bertz CT molecular complexity index is 323. The normalized spacial score (nSPS) is 20.6. The number of nitrogens with zero attached hydrogens (tertiary/aromatic N) is 2. The van der Waals surface area contributed by atoms with Crippen LogP contribution in [0.1, 0.15) is 56.3 Å². The lowest BCUT2D eigenvalue weighted by molar-refractivity contribution is 0.140. The summed E-state index contributed by atoms with van der Waals surface area (Å²) in [4.78, 5) is 4.56. The highest BCUT2D eigenvalue weighted by atomic mass is 32.1. The third-order valence-corrected chi connectivity index (χ3v) is 3.75. The minimum absolute atomic E-state index is 0.134. The summed E-state index contributed by atoms with van der Waals surface area (Å²) >= 11 is 1.46. The number of aromatic nitrogens is 2. The highest BCUT2D eigenvalue weighted by molar-refractivity contribution is 7.05. The van der Waals surface area contributed by atoms with Crippen LogP contribution < -0.4 is 0 Å². The summed E-state index contributed by atoms with van der Waals surface area (Å²) in [7, 11) is 0. The maximum Gasteiger partial charge on any atom is 0.145 e. The van der Waals surface area contributed by atoms with Gasteiger partial charge in [0.25, 0.3) is 0 Å². The minimum Gasteiger partial charge on any atom is -0.393 e. The van der Waals surface area contributed by atoms with Crippen molar-refractivity contribution in [1.82, 2.24) is 9.36 Å². The Hall–Kier alpha value is -0.480. The van der Waals surface area contributed by atoms with E-state index in [1.807, 2.05) is 6.92 Å². The molecule has 1 saturated carbocycles. The average Bonchev–Trinajstić information content (AvgIpc) is 2.87. The first-order chi connectivity index (χ1) is 7.09. The molecule has 2 unspecified atom stereocenters. The van der Waals surface area contributed by atoms with Crippen LogP contribution in [0, 0.1) is 5.92 Å². The van der Waals surface area contributed by atoms with Crippen molar-refractivity contribution in [3.05, 3.63) is 10.8 Å². The Morgan fingerprint density at radius 2 is 2.00 bits per heavy atom. The van der Waals surface area contributed by atoms with Crippen LogP contribution in [0.25, 0.3) is 0 Å². The van der Waals surface area contributed by atoms with Crippen molar-refractivity contribution in [1.29, 1.82) is 0 Å². The van der Waals surface area contributed by atoms with E-state index >= 15 is 0 Å². The van der Waals surface area contributed by atoms with Crippen molar-refractivity contribution in [3.63, 3.8) is 0 Å². The maximum atomic E-state index is 9.74. The molecule has 2 rings (SSSR count). The molecule has 84 valence electrons. The number of aliphatic hydroxyl groups excluding tert-OH is 1. The quantitative estimate of drug-likeness (QED) is 0.858. The lowest BCUT2D eigenvalue weighted by Gasteiger charge is -2.20. The average molecular weight is 226 g/mol. The SMILES string of the molecule is CC(C)C(c1nc(C2CC2)ns1)C(C)O. The summed E-state index contributed by atoms with van der Waals surface area (Å²) in [6.45, 7) is 6.08. The molecule has 2 atom stereocenters. The van der Waals surface area contributed by atoms with Crippen LogP contribution in [0.3, 0.4) is 0 Å². The van der Waals surface area contributed by atoms with Crippen LogP contribution in [0.4, 0.5) is 0 Å². The van der Waals surface area contributed by atoms with Crippen LogP contribution in [0.2, 0.25) is 0 Å². The third kappa shape index (κ3) is 2.37. The first kappa shape index (κ1) is 11.0. The van der Waals surface area contributed by atoms with E-state index in [-0.39, 0.29) is 12.0 Å². The van der Waals surface area contributed by atoms with E-state index in [1.165, 1.54) is 24.4 Å². The molecule has 0 spiro atoms. The van der Waals surface area contributed by atoms with Gasteiger partial charge in [-0.3, -0.25) is 0 Å². The zero-order valence-electron chi connectivity index (χ0n) is 9.47. The van der Waals surface area contributed by atoms with Gasteiger partial charge < -0.3 is 5.11 Å². The minimum atomic E-state index is -0.343. The van der Waals surface area contributed by atoms with Crippen LogP contribution in [-0.2, 0) is 0 Å². The Balaban J connectivity index is 2.17. The Morgan fingerprint density at radius 3 is 2.47 bits per heavy atom. The van der Waals surface area contributed by atoms with Gasteiger partial charge in [-0.05, 0) is 37.2 Å². The fraction of sp³-hybridized carbons (Fsp3) is 0.818. The van der Waals surface area contributed by atoms with Gasteiger partial charge in [0, 0.05) is 11.8 Å². The lowest BCUT2D eigenvalue weighted by atomic mass is 9.92. The zero-order chi connectivity index (χ0) is 11.0. The molecule has 1 fully saturated rings. The van der Waals surface area contributed by atoms with E-state index in [0.29, 0.717) is 11.8 Å². The molecule has 1 aliphatic rings. The topological polar surface area (TPSA) is 46.0 Å². The second-order valence-electron chi connectivity index (χ2n) is 4.78. The summed E-state index contributed by atoms with van der Waals surface area (Å²) in [5.41, 5.74) is 0. The Kier molecular flexibility index (Phi) is 3.07. The van der Waals surface area contributed by atoms with Crippen LogP contribution >= 0.6 is 11.5 Å². The molecule has 0 aromatic carbocycles. The van der Waals surface area contributed by atoms with Crippen molar-refractivity contribution in [2.45, 2.75) is 51.6 Å². The summed E-state index contributed by atoms with van der Waals surface area (Å²) in [6.07, 6.45) is 2.12. The molecule has 0 radical (unpaired) electrons. The second-order valence-corrected chi connectivity index (χ2v) is 5.56. The summed E-state index contributed by atoms with van der Waals surface area (Å²) in [6, 6.07) is 0. The summed E-state index contributed by atoms with van der Waals surface area (Å²) in [5.74, 6) is 2.15. The Morgan fingerprint density at radius 1 is 1.33 bits per heavy atom. The molecule has 1 aliphatic carbocycles. The predicted octanol–water partition coefficient (Wildman–Crippen LogP) is 2.54. The third-order valence-electron chi connectivity index (χ3n) is 2.92. The molecule has 0 bridgehead atoms. The van der Waals surface area contributed by atoms with Crippen molar-refractivity contribution < 1.29 is 5.11 Å². The highest BCUT2D eigenvalue weighted by Gasteiger charge is 2.31. The molecule has 1 heterocycles. The molecule has 1 aromatic rings. The van der Waals surface area contributed by atoms with Crippen LogP contribution in [0.15, 0.2) is 0 Å². The highest BCUT2D eigenvalue weighted by Crippen LogP contribution is 2.40. The van der Waals surface area contributed by atoms with Gasteiger partial charge >= 0.3 is 0 Å². The van der Waals surface area contributed by atoms with Gasteiger partial charge in [-0.2, -0.15) is 4.37 Å². The van der Waals surface area contributed by atoms with Crippen molar-refractivity contribution in [2.24, 2.45) is 5.92 Å². The number of aliphatic hydroxyl groups is 1. The van der Waals surface area contributed by atoms with Gasteiger partial charge in [0.15, 0.2) is 0 Å². The predicted molar refractivity (Wildman–Crippen MR) is 61.1 cm³/mol. The van der Waals surface area contributed by atoms with E-state index in [9.17, 15) is 5.11 Å². The van der Waals surface area contributed by atoms with Crippen molar-refractivity contribution in [3.8, 4) is 0 Å². The Labute approximate surface area is 94.7 Å². The van der Waals surface area contributed by atoms with E-state index in [4.69, 9.17) is 0 Å². The molecule has 3 nitrogen and oxygen atoms in total. The van der Waals surface area contributed by atoms with E-state index in [1.54, 1.807) is 0 Å². The largest absolute Gasteiger partial charge is 0.393 e.